The van der Waals surface area contributed by atoms with Gasteiger partial charge in [-0.25, -0.2) is 4.98 Å². The summed E-state index contributed by atoms with van der Waals surface area (Å²) in [6.45, 7) is 3.84. The monoisotopic (exact) mass is 501 g/mol. The fourth-order valence-electron chi connectivity index (χ4n) is 2.65. The molecule has 1 aromatic carbocycles. The lowest BCUT2D eigenvalue weighted by molar-refractivity contribution is -0.116. The van der Waals surface area contributed by atoms with Crippen LogP contribution in [0.4, 0.5) is 5.69 Å². The minimum atomic E-state index is 0. The zero-order valence-electron chi connectivity index (χ0n) is 15.4. The summed E-state index contributed by atoms with van der Waals surface area (Å²) in [5.74, 6) is 1.60. The minimum absolute atomic E-state index is 0. The normalized spacial score (nSPS) is 13.3. The number of anilines is 1. The summed E-state index contributed by atoms with van der Waals surface area (Å²) in [5.41, 5.74) is 2.00. The van der Waals surface area contributed by atoms with Crippen LogP contribution in [0.15, 0.2) is 29.4 Å². The molecule has 2 heterocycles. The van der Waals surface area contributed by atoms with Gasteiger partial charge in [-0.05, 0) is 37.1 Å². The summed E-state index contributed by atoms with van der Waals surface area (Å²) < 4.78 is 5.79. The number of rotatable bonds is 6. The van der Waals surface area contributed by atoms with Crippen LogP contribution in [0.25, 0.3) is 0 Å². The second-order valence-electron chi connectivity index (χ2n) is 5.93. The zero-order chi connectivity index (χ0) is 18.4. The van der Waals surface area contributed by atoms with Gasteiger partial charge in [-0.3, -0.25) is 9.79 Å². The number of carbonyl (C=O) groups excluding carboxylic acids is 1. The number of aliphatic imine (C=N–C) groups is 1. The largest absolute Gasteiger partial charge is 0.492 e. The Labute approximate surface area is 180 Å². The van der Waals surface area contributed by atoms with Crippen molar-refractivity contribution in [2.24, 2.45) is 4.99 Å². The molecule has 7 nitrogen and oxygen atoms in total. The number of guanidine groups is 1. The van der Waals surface area contributed by atoms with Gasteiger partial charge in [0.1, 0.15) is 17.4 Å². The molecule has 0 fully saturated rings. The molecule has 146 valence electrons. The van der Waals surface area contributed by atoms with Gasteiger partial charge in [0.25, 0.3) is 0 Å². The molecule has 1 amide bonds. The second-order valence-corrected chi connectivity index (χ2v) is 7.25. The average molecular weight is 501 g/mol. The highest BCUT2D eigenvalue weighted by atomic mass is 127. The fraction of sp³-hybridized carbons (Fsp3) is 0.389. The summed E-state index contributed by atoms with van der Waals surface area (Å²) in [5, 5.41) is 10.4. The number of aromatic nitrogens is 1. The van der Waals surface area contributed by atoms with Crippen LogP contribution in [0, 0.1) is 6.92 Å². The molecule has 1 aliphatic rings. The molecule has 2 aromatic rings. The van der Waals surface area contributed by atoms with E-state index >= 15 is 0 Å². The van der Waals surface area contributed by atoms with E-state index in [4.69, 9.17) is 4.74 Å². The van der Waals surface area contributed by atoms with Gasteiger partial charge in [0.05, 0.1) is 13.1 Å². The lowest BCUT2D eigenvalue weighted by Gasteiger charge is -2.18. The van der Waals surface area contributed by atoms with Crippen LogP contribution in [0.3, 0.4) is 0 Å². The van der Waals surface area contributed by atoms with Crippen molar-refractivity contribution in [1.29, 1.82) is 0 Å². The van der Waals surface area contributed by atoms with Gasteiger partial charge in [0, 0.05) is 30.2 Å². The van der Waals surface area contributed by atoms with E-state index in [9.17, 15) is 4.79 Å². The first-order valence-electron chi connectivity index (χ1n) is 8.55. The third-order valence-electron chi connectivity index (χ3n) is 3.94. The summed E-state index contributed by atoms with van der Waals surface area (Å²) in [6.07, 6.45) is 3.15. The highest BCUT2D eigenvalue weighted by molar-refractivity contribution is 14.0. The van der Waals surface area contributed by atoms with Gasteiger partial charge in [0.15, 0.2) is 5.96 Å². The number of ether oxygens (including phenoxy) is 1. The first-order chi connectivity index (χ1) is 12.6. The first kappa shape index (κ1) is 21.4. The lowest BCUT2D eigenvalue weighted by atomic mass is 10.0. The van der Waals surface area contributed by atoms with Gasteiger partial charge in [-0.1, -0.05) is 0 Å². The number of aryl methyl sites for hydroxylation is 2. The molecule has 1 aromatic heterocycles. The van der Waals surface area contributed by atoms with Crippen molar-refractivity contribution in [3.8, 4) is 5.75 Å². The van der Waals surface area contributed by atoms with Gasteiger partial charge in [0.2, 0.25) is 5.91 Å². The minimum Gasteiger partial charge on any atom is -0.492 e. The van der Waals surface area contributed by atoms with Gasteiger partial charge < -0.3 is 20.7 Å². The number of halogens is 1. The number of hydrogen-bond acceptors (Lipinski definition) is 5. The Bertz CT molecular complexity index is 809. The standard InChI is InChI=1S/C18H23N5O2S.HI/c1-12-10-21-17(26-12)11-22-18(19-2)20-7-8-25-14-4-5-15-13(9-14)3-6-16(24)23-15;/h4-5,9-10H,3,6-8,11H2,1-2H3,(H,23,24)(H2,19,20,22);1H. The van der Waals surface area contributed by atoms with Crippen molar-refractivity contribution in [2.45, 2.75) is 26.3 Å². The maximum Gasteiger partial charge on any atom is 0.224 e. The van der Waals surface area contributed by atoms with E-state index in [1.54, 1.807) is 18.4 Å². The van der Waals surface area contributed by atoms with Gasteiger partial charge in [-0.2, -0.15) is 0 Å². The van der Waals surface area contributed by atoms with Crippen LogP contribution >= 0.6 is 35.3 Å². The highest BCUT2D eigenvalue weighted by Crippen LogP contribution is 2.26. The number of thiazole rings is 1. The number of carbonyl (C=O) groups is 1. The summed E-state index contributed by atoms with van der Waals surface area (Å²) in [4.78, 5) is 21.1. The molecule has 0 saturated carbocycles. The summed E-state index contributed by atoms with van der Waals surface area (Å²) in [6, 6.07) is 5.76. The van der Waals surface area contributed by atoms with Crippen molar-refractivity contribution < 1.29 is 9.53 Å². The van der Waals surface area contributed by atoms with Crippen molar-refractivity contribution in [3.63, 3.8) is 0 Å². The predicted octanol–water partition coefficient (Wildman–Crippen LogP) is 2.70. The van der Waals surface area contributed by atoms with Crippen molar-refractivity contribution in [2.75, 3.05) is 25.5 Å². The third kappa shape index (κ3) is 6.35. The molecular formula is C18H24IN5O2S. The molecule has 0 aliphatic carbocycles. The van der Waals surface area contributed by atoms with Crippen LogP contribution in [-0.4, -0.2) is 37.1 Å². The van der Waals surface area contributed by atoms with E-state index in [1.807, 2.05) is 31.3 Å². The number of benzene rings is 1. The second kappa shape index (κ2) is 10.5. The maximum absolute atomic E-state index is 11.4. The third-order valence-corrected chi connectivity index (χ3v) is 4.85. The number of amides is 1. The van der Waals surface area contributed by atoms with E-state index in [0.29, 0.717) is 26.1 Å². The van der Waals surface area contributed by atoms with Gasteiger partial charge >= 0.3 is 0 Å². The molecule has 0 saturated heterocycles. The van der Waals surface area contributed by atoms with Crippen LogP contribution in [0.5, 0.6) is 5.75 Å². The van der Waals surface area contributed by atoms with Gasteiger partial charge in [-0.15, -0.1) is 35.3 Å². The number of nitrogens with zero attached hydrogens (tertiary/aromatic N) is 2. The number of fused-ring (bicyclic) bond motifs is 1. The topological polar surface area (TPSA) is 87.6 Å². The van der Waals surface area contributed by atoms with E-state index in [1.165, 1.54) is 4.88 Å². The van der Waals surface area contributed by atoms with Crippen LogP contribution in [0.1, 0.15) is 21.9 Å². The number of hydrogen-bond donors (Lipinski definition) is 3. The van der Waals surface area contributed by atoms with Crippen LogP contribution in [0.2, 0.25) is 0 Å². The molecule has 0 radical (unpaired) electrons. The fourth-order valence-corrected chi connectivity index (χ4v) is 3.38. The van der Waals surface area contributed by atoms with Crippen LogP contribution < -0.4 is 20.7 Å². The molecule has 0 spiro atoms. The van der Waals surface area contributed by atoms with E-state index < -0.39 is 0 Å². The Morgan fingerprint density at radius 2 is 2.22 bits per heavy atom. The Hall–Kier alpha value is -1.88. The Kier molecular flexibility index (Phi) is 8.29. The summed E-state index contributed by atoms with van der Waals surface area (Å²) >= 11 is 1.67. The predicted molar refractivity (Wildman–Crippen MR) is 119 cm³/mol. The summed E-state index contributed by atoms with van der Waals surface area (Å²) in [7, 11) is 1.74. The molecule has 0 bridgehead atoms. The molecule has 9 heteroatoms. The SMILES string of the molecule is CN=C(NCCOc1ccc2c(c1)CCC(=O)N2)NCc1ncc(C)s1.I. The maximum atomic E-state index is 11.4. The Morgan fingerprint density at radius 1 is 1.37 bits per heavy atom. The van der Waals surface area contributed by atoms with Crippen molar-refractivity contribution in [3.05, 3.63) is 39.8 Å². The van der Waals surface area contributed by atoms with E-state index in [-0.39, 0.29) is 29.9 Å². The molecule has 0 atom stereocenters. The highest BCUT2D eigenvalue weighted by Gasteiger charge is 2.14. The van der Waals surface area contributed by atoms with E-state index in [2.05, 4.69) is 25.9 Å². The average Bonchev–Trinajstić information content (AvgIpc) is 3.06. The Morgan fingerprint density at radius 3 is 2.96 bits per heavy atom. The first-order valence-corrected chi connectivity index (χ1v) is 9.37. The molecular weight excluding hydrogens is 477 g/mol. The van der Waals surface area contributed by atoms with Crippen molar-refractivity contribution >= 4 is 52.9 Å². The molecule has 3 rings (SSSR count). The number of nitrogens with one attached hydrogen (secondary N) is 3. The molecule has 27 heavy (non-hydrogen) atoms. The molecule has 3 N–H and O–H groups in total. The van der Waals surface area contributed by atoms with Crippen molar-refractivity contribution in [1.82, 2.24) is 15.6 Å². The smallest absolute Gasteiger partial charge is 0.224 e. The quantitative estimate of drug-likeness (QED) is 0.245. The van der Waals surface area contributed by atoms with Crippen LogP contribution in [-0.2, 0) is 17.8 Å². The lowest BCUT2D eigenvalue weighted by Crippen LogP contribution is -2.38. The zero-order valence-corrected chi connectivity index (χ0v) is 18.5. The molecule has 1 aliphatic heterocycles. The molecule has 0 unspecified atom stereocenters. The van der Waals surface area contributed by atoms with E-state index in [0.717, 1.165) is 34.4 Å². The Balaban J connectivity index is 0.00000261.